The average molecular weight is 390 g/mol. The molecular weight excluding hydrogens is 368 g/mol. The summed E-state index contributed by atoms with van der Waals surface area (Å²) in [4.78, 5) is 36.2. The van der Waals surface area contributed by atoms with Crippen molar-refractivity contribution in [2.24, 2.45) is 0 Å². The summed E-state index contributed by atoms with van der Waals surface area (Å²) < 4.78 is 4.79. The summed E-state index contributed by atoms with van der Waals surface area (Å²) >= 11 is 1.32. The van der Waals surface area contributed by atoms with Crippen molar-refractivity contribution in [1.82, 2.24) is 5.32 Å². The van der Waals surface area contributed by atoms with Gasteiger partial charge in [0.1, 0.15) is 18.2 Å². The molecule has 1 heterocycles. The van der Waals surface area contributed by atoms with Crippen LogP contribution >= 0.6 is 11.3 Å². The van der Waals surface area contributed by atoms with E-state index in [-0.39, 0.29) is 5.91 Å². The van der Waals surface area contributed by atoms with Crippen LogP contribution in [0.15, 0.2) is 30.3 Å². The van der Waals surface area contributed by atoms with Crippen molar-refractivity contribution in [2.45, 2.75) is 26.8 Å². The van der Waals surface area contributed by atoms with Crippen LogP contribution in [0.3, 0.4) is 0 Å². The number of amides is 2. The molecule has 0 fully saturated rings. The molecule has 0 unspecified atom stereocenters. The van der Waals surface area contributed by atoms with Crippen molar-refractivity contribution >= 4 is 34.1 Å². The Hall–Kier alpha value is -2.71. The van der Waals surface area contributed by atoms with Crippen LogP contribution in [0.1, 0.15) is 33.3 Å². The molecule has 2 rings (SSSR count). The van der Waals surface area contributed by atoms with Gasteiger partial charge in [0, 0.05) is 11.4 Å². The number of hydrogen-bond donors (Lipinski definition) is 3. The van der Waals surface area contributed by atoms with Crippen LogP contribution in [0.4, 0.5) is 5.00 Å². The lowest BCUT2D eigenvalue weighted by atomic mass is 10.1. The highest BCUT2D eigenvalue weighted by molar-refractivity contribution is 7.16. The second kappa shape index (κ2) is 9.84. The Labute approximate surface area is 161 Å². The SMILES string of the molecule is CCc1c(C)sc(NC(=O)COCC(=O)O)c1C(=O)NCc1ccccc1. The van der Waals surface area contributed by atoms with Gasteiger partial charge in [-0.1, -0.05) is 37.3 Å². The zero-order chi connectivity index (χ0) is 19.8. The van der Waals surface area contributed by atoms with E-state index in [0.717, 1.165) is 16.0 Å². The quantitative estimate of drug-likeness (QED) is 0.610. The Bertz CT molecular complexity index is 817. The number of carboxylic acid groups (broad SMARTS) is 1. The molecule has 2 aromatic rings. The smallest absolute Gasteiger partial charge is 0.329 e. The number of anilines is 1. The molecule has 0 aliphatic carbocycles. The fourth-order valence-electron chi connectivity index (χ4n) is 2.59. The minimum absolute atomic E-state index is 0.262. The summed E-state index contributed by atoms with van der Waals surface area (Å²) in [5, 5.41) is 14.5. The maximum Gasteiger partial charge on any atom is 0.329 e. The molecule has 1 aromatic carbocycles. The molecule has 144 valence electrons. The molecule has 0 atom stereocenters. The van der Waals surface area contributed by atoms with Gasteiger partial charge in [-0.2, -0.15) is 0 Å². The Morgan fingerprint density at radius 3 is 2.48 bits per heavy atom. The van der Waals surface area contributed by atoms with E-state index in [2.05, 4.69) is 10.6 Å². The third-order valence-electron chi connectivity index (χ3n) is 3.80. The molecule has 1 aromatic heterocycles. The number of aryl methyl sites for hydroxylation is 1. The molecule has 0 bridgehead atoms. The fraction of sp³-hybridized carbons (Fsp3) is 0.316. The van der Waals surface area contributed by atoms with Crippen LogP contribution in [-0.2, 0) is 27.3 Å². The molecule has 0 radical (unpaired) electrons. The van der Waals surface area contributed by atoms with E-state index in [0.29, 0.717) is 23.5 Å². The van der Waals surface area contributed by atoms with Crippen LogP contribution in [0.2, 0.25) is 0 Å². The van der Waals surface area contributed by atoms with E-state index in [9.17, 15) is 14.4 Å². The molecular formula is C19H22N2O5S. The zero-order valence-electron chi connectivity index (χ0n) is 15.2. The number of benzene rings is 1. The summed E-state index contributed by atoms with van der Waals surface area (Å²) in [6.07, 6.45) is 0.655. The Morgan fingerprint density at radius 2 is 1.85 bits per heavy atom. The molecule has 0 aliphatic rings. The number of hydrogen-bond acceptors (Lipinski definition) is 5. The highest BCUT2D eigenvalue weighted by Crippen LogP contribution is 2.33. The second-order valence-corrected chi connectivity index (χ2v) is 7.02. The van der Waals surface area contributed by atoms with E-state index in [1.54, 1.807) is 0 Å². The summed E-state index contributed by atoms with van der Waals surface area (Å²) in [7, 11) is 0. The number of rotatable bonds is 9. The monoisotopic (exact) mass is 390 g/mol. The van der Waals surface area contributed by atoms with Gasteiger partial charge in [0.25, 0.3) is 11.8 Å². The first-order valence-corrected chi connectivity index (χ1v) is 9.27. The highest BCUT2D eigenvalue weighted by Gasteiger charge is 2.22. The molecule has 7 nitrogen and oxygen atoms in total. The number of ether oxygens (including phenoxy) is 1. The lowest BCUT2D eigenvalue weighted by Crippen LogP contribution is -2.26. The Kier molecular flexibility index (Phi) is 7.51. The maximum atomic E-state index is 12.8. The van der Waals surface area contributed by atoms with Gasteiger partial charge in [-0.3, -0.25) is 9.59 Å². The summed E-state index contributed by atoms with van der Waals surface area (Å²) in [5.41, 5.74) is 2.30. The van der Waals surface area contributed by atoms with Gasteiger partial charge in [-0.05, 0) is 24.5 Å². The van der Waals surface area contributed by atoms with Crippen molar-refractivity contribution < 1.29 is 24.2 Å². The maximum absolute atomic E-state index is 12.8. The molecule has 0 saturated carbocycles. The van der Waals surface area contributed by atoms with Gasteiger partial charge in [0.05, 0.1) is 5.56 Å². The first-order chi connectivity index (χ1) is 12.9. The summed E-state index contributed by atoms with van der Waals surface area (Å²) in [6.45, 7) is 3.28. The van der Waals surface area contributed by atoms with Crippen molar-refractivity contribution in [3.8, 4) is 0 Å². The first-order valence-electron chi connectivity index (χ1n) is 8.46. The lowest BCUT2D eigenvalue weighted by Gasteiger charge is -2.10. The third-order valence-corrected chi connectivity index (χ3v) is 4.86. The molecule has 0 spiro atoms. The van der Waals surface area contributed by atoms with Gasteiger partial charge >= 0.3 is 5.97 Å². The number of aliphatic carboxylic acids is 1. The van der Waals surface area contributed by atoms with Gasteiger partial charge in [-0.15, -0.1) is 11.3 Å². The zero-order valence-corrected chi connectivity index (χ0v) is 16.0. The third kappa shape index (κ3) is 5.90. The van der Waals surface area contributed by atoms with Crippen LogP contribution in [0, 0.1) is 6.92 Å². The Morgan fingerprint density at radius 1 is 1.15 bits per heavy atom. The van der Waals surface area contributed by atoms with Crippen LogP contribution in [-0.4, -0.2) is 36.1 Å². The minimum atomic E-state index is -1.15. The number of carbonyl (C=O) groups excluding carboxylic acids is 2. The van der Waals surface area contributed by atoms with E-state index in [1.165, 1.54) is 11.3 Å². The Balaban J connectivity index is 2.10. The predicted octanol–water partition coefficient (Wildman–Crippen LogP) is 2.59. The number of carbonyl (C=O) groups is 3. The predicted molar refractivity (Wildman–Crippen MR) is 103 cm³/mol. The topological polar surface area (TPSA) is 105 Å². The first kappa shape index (κ1) is 20.6. The van der Waals surface area contributed by atoms with Gasteiger partial charge < -0.3 is 20.5 Å². The molecule has 0 saturated heterocycles. The van der Waals surface area contributed by atoms with Gasteiger partial charge in [0.2, 0.25) is 0 Å². The van der Waals surface area contributed by atoms with Crippen molar-refractivity contribution in [2.75, 3.05) is 18.5 Å². The van der Waals surface area contributed by atoms with Crippen LogP contribution in [0.5, 0.6) is 0 Å². The van der Waals surface area contributed by atoms with Gasteiger partial charge in [0.15, 0.2) is 0 Å². The molecule has 8 heteroatoms. The lowest BCUT2D eigenvalue weighted by molar-refractivity contribution is -0.143. The van der Waals surface area contributed by atoms with Gasteiger partial charge in [-0.25, -0.2) is 4.79 Å². The standard InChI is InChI=1S/C19H22N2O5S/c1-3-14-12(2)27-19(21-15(22)10-26-11-16(23)24)17(14)18(25)20-9-13-7-5-4-6-8-13/h4-8H,3,9-11H2,1-2H3,(H,20,25)(H,21,22)(H,23,24). The van der Waals surface area contributed by atoms with Crippen LogP contribution in [0.25, 0.3) is 0 Å². The molecule has 0 aliphatic heterocycles. The highest BCUT2D eigenvalue weighted by atomic mass is 32.1. The normalized spacial score (nSPS) is 10.4. The van der Waals surface area contributed by atoms with E-state index in [4.69, 9.17) is 9.84 Å². The van der Waals surface area contributed by atoms with E-state index < -0.39 is 25.1 Å². The largest absolute Gasteiger partial charge is 0.480 e. The minimum Gasteiger partial charge on any atom is -0.480 e. The molecule has 3 N–H and O–H groups in total. The van der Waals surface area contributed by atoms with Crippen molar-refractivity contribution in [1.29, 1.82) is 0 Å². The van der Waals surface area contributed by atoms with E-state index in [1.807, 2.05) is 44.2 Å². The summed E-state index contributed by atoms with van der Waals surface area (Å²) in [6, 6.07) is 9.54. The molecule has 27 heavy (non-hydrogen) atoms. The average Bonchev–Trinajstić information content (AvgIpc) is 2.95. The van der Waals surface area contributed by atoms with Crippen molar-refractivity contribution in [3.63, 3.8) is 0 Å². The van der Waals surface area contributed by atoms with Crippen molar-refractivity contribution in [3.05, 3.63) is 51.9 Å². The number of thiophene rings is 1. The van der Waals surface area contributed by atoms with Crippen LogP contribution < -0.4 is 10.6 Å². The number of nitrogens with one attached hydrogen (secondary N) is 2. The summed E-state index contributed by atoms with van der Waals surface area (Å²) in [5.74, 6) is -1.91. The molecule has 2 amide bonds. The number of carboxylic acids is 1. The fourth-order valence-corrected chi connectivity index (χ4v) is 3.75. The second-order valence-electron chi connectivity index (χ2n) is 5.80. The van der Waals surface area contributed by atoms with E-state index >= 15 is 0 Å².